The minimum absolute atomic E-state index is 0.0523. The average Bonchev–Trinajstić information content (AvgIpc) is 2.28. The number of hydrogen-bond donors (Lipinski definition) is 3. The lowest BCUT2D eigenvalue weighted by atomic mass is 10.1. The summed E-state index contributed by atoms with van der Waals surface area (Å²) >= 11 is 0. The summed E-state index contributed by atoms with van der Waals surface area (Å²) < 4.78 is 0. The zero-order valence-electron chi connectivity index (χ0n) is 10.7. The number of carboxylic acid groups (broad SMARTS) is 1. The Kier molecular flexibility index (Phi) is 4.71. The largest absolute Gasteiger partial charge is 0.478 e. The molecule has 0 spiro atoms. The maximum absolute atomic E-state index is 11.7. The third kappa shape index (κ3) is 3.76. The van der Waals surface area contributed by atoms with E-state index in [9.17, 15) is 9.59 Å². The van der Waals surface area contributed by atoms with Gasteiger partial charge in [0, 0.05) is 11.7 Å². The zero-order valence-corrected chi connectivity index (χ0v) is 10.7. The molecule has 18 heavy (non-hydrogen) atoms. The van der Waals surface area contributed by atoms with Crippen LogP contribution < -0.4 is 10.6 Å². The van der Waals surface area contributed by atoms with Gasteiger partial charge in [0.05, 0.1) is 5.56 Å². The second-order valence-corrected chi connectivity index (χ2v) is 4.38. The predicted molar refractivity (Wildman–Crippen MR) is 69.8 cm³/mol. The van der Waals surface area contributed by atoms with E-state index in [4.69, 9.17) is 5.11 Å². The van der Waals surface area contributed by atoms with E-state index in [-0.39, 0.29) is 17.5 Å². The molecule has 1 aromatic rings. The fourth-order valence-electron chi connectivity index (χ4n) is 1.50. The second-order valence-electron chi connectivity index (χ2n) is 4.38. The van der Waals surface area contributed by atoms with Gasteiger partial charge in [-0.3, -0.25) is 4.79 Å². The van der Waals surface area contributed by atoms with Gasteiger partial charge in [-0.1, -0.05) is 12.1 Å². The van der Waals surface area contributed by atoms with Gasteiger partial charge >= 0.3 is 5.97 Å². The van der Waals surface area contributed by atoms with Crippen LogP contribution in [0.1, 0.15) is 31.1 Å². The van der Waals surface area contributed by atoms with Crippen LogP contribution in [0.15, 0.2) is 24.3 Å². The molecule has 0 radical (unpaired) electrons. The number of nitrogens with one attached hydrogen (secondary N) is 2. The molecule has 1 atom stereocenters. The van der Waals surface area contributed by atoms with Crippen molar-refractivity contribution < 1.29 is 14.7 Å². The van der Waals surface area contributed by atoms with Gasteiger partial charge in [-0.25, -0.2) is 4.79 Å². The van der Waals surface area contributed by atoms with Gasteiger partial charge in [0.15, 0.2) is 0 Å². The summed E-state index contributed by atoms with van der Waals surface area (Å²) in [5.74, 6) is -1.18. The highest BCUT2D eigenvalue weighted by molar-refractivity contribution is 5.95. The fraction of sp³-hybridized carbons (Fsp3) is 0.385. The molecule has 0 heterocycles. The molecular formula is C13H18N2O3. The Labute approximate surface area is 106 Å². The van der Waals surface area contributed by atoms with Crippen LogP contribution in [0.5, 0.6) is 0 Å². The number of rotatable bonds is 5. The summed E-state index contributed by atoms with van der Waals surface area (Å²) in [5, 5.41) is 14.7. The maximum atomic E-state index is 11.7. The summed E-state index contributed by atoms with van der Waals surface area (Å²) in [6, 6.07) is 6.07. The van der Waals surface area contributed by atoms with Gasteiger partial charge in [-0.05, 0) is 32.9 Å². The first-order valence-corrected chi connectivity index (χ1v) is 5.81. The van der Waals surface area contributed by atoms with Gasteiger partial charge in [-0.15, -0.1) is 0 Å². The first-order chi connectivity index (χ1) is 8.41. The maximum Gasteiger partial charge on any atom is 0.337 e. The van der Waals surface area contributed by atoms with E-state index in [1.54, 1.807) is 25.1 Å². The summed E-state index contributed by atoms with van der Waals surface area (Å²) in [6.45, 7) is 5.43. The van der Waals surface area contributed by atoms with E-state index < -0.39 is 12.0 Å². The number of carbonyl (C=O) groups is 2. The van der Waals surface area contributed by atoms with Crippen LogP contribution in [-0.4, -0.2) is 29.1 Å². The second kappa shape index (κ2) is 6.05. The minimum atomic E-state index is -1.02. The van der Waals surface area contributed by atoms with E-state index in [1.165, 1.54) is 6.07 Å². The molecule has 1 unspecified atom stereocenters. The van der Waals surface area contributed by atoms with Crippen LogP contribution in [0.25, 0.3) is 0 Å². The number of anilines is 1. The van der Waals surface area contributed by atoms with E-state index in [1.807, 2.05) is 13.8 Å². The van der Waals surface area contributed by atoms with E-state index in [0.717, 1.165) is 0 Å². The molecule has 0 fully saturated rings. The van der Waals surface area contributed by atoms with Crippen molar-refractivity contribution in [3.05, 3.63) is 29.8 Å². The first-order valence-electron chi connectivity index (χ1n) is 5.81. The van der Waals surface area contributed by atoms with Crippen molar-refractivity contribution in [1.29, 1.82) is 0 Å². The molecule has 98 valence electrons. The van der Waals surface area contributed by atoms with Gasteiger partial charge in [0.2, 0.25) is 5.91 Å². The number of carboxylic acids is 1. The van der Waals surface area contributed by atoms with Crippen molar-refractivity contribution in [3.8, 4) is 0 Å². The lowest BCUT2D eigenvalue weighted by molar-refractivity contribution is -0.122. The van der Waals surface area contributed by atoms with Crippen molar-refractivity contribution in [2.24, 2.45) is 0 Å². The Bertz CT molecular complexity index is 444. The minimum Gasteiger partial charge on any atom is -0.478 e. The standard InChI is InChI=1S/C13H18N2O3/c1-8(2)14-12(16)9(3)15-11-7-5-4-6-10(11)13(17)18/h4-9,15H,1-3H3,(H,14,16)(H,17,18). The third-order valence-corrected chi connectivity index (χ3v) is 2.35. The van der Waals surface area contributed by atoms with Crippen LogP contribution in [0.3, 0.4) is 0 Å². The van der Waals surface area contributed by atoms with Crippen LogP contribution in [0.4, 0.5) is 5.69 Å². The van der Waals surface area contributed by atoms with Gasteiger partial charge < -0.3 is 15.7 Å². The Balaban J connectivity index is 2.78. The molecule has 0 aliphatic carbocycles. The molecule has 1 aromatic carbocycles. The van der Waals surface area contributed by atoms with E-state index in [2.05, 4.69) is 10.6 Å². The number of amides is 1. The normalized spacial score (nSPS) is 12.0. The van der Waals surface area contributed by atoms with Gasteiger partial charge in [0.25, 0.3) is 0 Å². The molecule has 0 aliphatic rings. The van der Waals surface area contributed by atoms with E-state index >= 15 is 0 Å². The monoisotopic (exact) mass is 250 g/mol. The highest BCUT2D eigenvalue weighted by Gasteiger charge is 2.16. The molecule has 0 aliphatic heterocycles. The van der Waals surface area contributed by atoms with Crippen LogP contribution in [-0.2, 0) is 4.79 Å². The summed E-state index contributed by atoms with van der Waals surface area (Å²) in [6.07, 6.45) is 0. The summed E-state index contributed by atoms with van der Waals surface area (Å²) in [7, 11) is 0. The van der Waals surface area contributed by atoms with Crippen LogP contribution >= 0.6 is 0 Å². The molecule has 0 aromatic heterocycles. The highest BCUT2D eigenvalue weighted by atomic mass is 16.4. The van der Waals surface area contributed by atoms with Gasteiger partial charge in [0.1, 0.15) is 6.04 Å². The lowest BCUT2D eigenvalue weighted by Crippen LogP contribution is -2.41. The number of aromatic carboxylic acids is 1. The molecule has 3 N–H and O–H groups in total. The Morgan fingerprint density at radius 2 is 1.78 bits per heavy atom. The topological polar surface area (TPSA) is 78.4 Å². The highest BCUT2D eigenvalue weighted by Crippen LogP contribution is 2.15. The van der Waals surface area contributed by atoms with Crippen LogP contribution in [0, 0.1) is 0 Å². The van der Waals surface area contributed by atoms with Crippen molar-refractivity contribution in [1.82, 2.24) is 5.32 Å². The zero-order chi connectivity index (χ0) is 13.7. The van der Waals surface area contributed by atoms with E-state index in [0.29, 0.717) is 5.69 Å². The van der Waals surface area contributed by atoms with Crippen molar-refractivity contribution in [3.63, 3.8) is 0 Å². The summed E-state index contributed by atoms with van der Waals surface area (Å²) in [4.78, 5) is 22.7. The molecule has 5 heteroatoms. The molecule has 0 bridgehead atoms. The third-order valence-electron chi connectivity index (χ3n) is 2.35. The van der Waals surface area contributed by atoms with Gasteiger partial charge in [-0.2, -0.15) is 0 Å². The van der Waals surface area contributed by atoms with Crippen molar-refractivity contribution >= 4 is 17.6 Å². The van der Waals surface area contributed by atoms with Crippen LogP contribution in [0.2, 0.25) is 0 Å². The lowest BCUT2D eigenvalue weighted by Gasteiger charge is -2.18. The molecule has 0 saturated carbocycles. The number of hydrogen-bond acceptors (Lipinski definition) is 3. The molecule has 5 nitrogen and oxygen atoms in total. The number of carbonyl (C=O) groups excluding carboxylic acids is 1. The quantitative estimate of drug-likeness (QED) is 0.743. The number of benzene rings is 1. The average molecular weight is 250 g/mol. The molecule has 1 amide bonds. The van der Waals surface area contributed by atoms with Crippen molar-refractivity contribution in [2.75, 3.05) is 5.32 Å². The Hall–Kier alpha value is -2.04. The molecule has 1 rings (SSSR count). The molecular weight excluding hydrogens is 232 g/mol. The summed E-state index contributed by atoms with van der Waals surface area (Å²) in [5.41, 5.74) is 0.595. The Morgan fingerprint density at radius 1 is 1.17 bits per heavy atom. The SMILES string of the molecule is CC(C)NC(=O)C(C)Nc1ccccc1C(=O)O. The Morgan fingerprint density at radius 3 is 2.33 bits per heavy atom. The van der Waals surface area contributed by atoms with Crippen molar-refractivity contribution in [2.45, 2.75) is 32.9 Å². The predicted octanol–water partition coefficient (Wildman–Crippen LogP) is 1.71. The molecule has 0 saturated heterocycles. The number of para-hydroxylation sites is 1. The fourth-order valence-corrected chi connectivity index (χ4v) is 1.50. The smallest absolute Gasteiger partial charge is 0.337 e. The first kappa shape index (κ1) is 14.0.